The van der Waals surface area contributed by atoms with Gasteiger partial charge in [0.25, 0.3) is 11.1 Å². The van der Waals surface area contributed by atoms with E-state index in [1.165, 1.54) is 20.2 Å². The molecule has 0 fully saturated rings. The van der Waals surface area contributed by atoms with Crippen molar-refractivity contribution in [3.63, 3.8) is 0 Å². The number of aryl methyl sites for hydroxylation is 1. The molecule has 0 bridgehead atoms. The van der Waals surface area contributed by atoms with Crippen molar-refractivity contribution in [2.75, 3.05) is 0 Å². The van der Waals surface area contributed by atoms with Gasteiger partial charge in [-0.2, -0.15) is 5.26 Å². The number of pyridine rings is 1. The summed E-state index contributed by atoms with van der Waals surface area (Å²) < 4.78 is 2.07. The average Bonchev–Trinajstić information content (AvgIpc) is 2.33. The van der Waals surface area contributed by atoms with Gasteiger partial charge >= 0.3 is 5.69 Å². The summed E-state index contributed by atoms with van der Waals surface area (Å²) in [6, 6.07) is 2.88. The Bertz CT molecular complexity index is 832. The molecule has 0 saturated carbocycles. The Hall–Kier alpha value is -2.62. The molecule has 0 aliphatic rings. The van der Waals surface area contributed by atoms with Crippen molar-refractivity contribution in [2.45, 2.75) is 0 Å². The Morgan fingerprint density at radius 2 is 1.88 bits per heavy atom. The molecule has 0 saturated heterocycles. The molecular formula is C10H8N4O3. The van der Waals surface area contributed by atoms with Gasteiger partial charge in [0.05, 0.1) is 5.39 Å². The van der Waals surface area contributed by atoms with Gasteiger partial charge in [-0.1, -0.05) is 0 Å². The fourth-order valence-corrected chi connectivity index (χ4v) is 1.62. The molecule has 7 nitrogen and oxygen atoms in total. The van der Waals surface area contributed by atoms with Gasteiger partial charge in [0.2, 0.25) is 0 Å². The Morgan fingerprint density at radius 3 is 2.47 bits per heavy atom. The number of fused-ring (bicyclic) bond motifs is 1. The van der Waals surface area contributed by atoms with E-state index in [4.69, 9.17) is 5.26 Å². The molecule has 0 aromatic carbocycles. The summed E-state index contributed by atoms with van der Waals surface area (Å²) in [5.74, 6) is 0. The molecule has 0 atom stereocenters. The molecule has 0 aliphatic heterocycles. The fraction of sp³-hybridized carbons (Fsp3) is 0.200. The maximum atomic E-state index is 11.8. The van der Waals surface area contributed by atoms with Crippen molar-refractivity contribution in [2.24, 2.45) is 14.1 Å². The van der Waals surface area contributed by atoms with E-state index in [2.05, 4.69) is 4.98 Å². The Labute approximate surface area is 94.2 Å². The normalized spacial score (nSPS) is 10.4. The standard InChI is InChI=1S/C10H8N4O3/c1-13-7-6(9(16)14(2)10(13)17)3-5(4-11)8(15)12-7/h3H,1-2H3,(H,12,15). The fourth-order valence-electron chi connectivity index (χ4n) is 1.62. The van der Waals surface area contributed by atoms with E-state index < -0.39 is 16.8 Å². The number of hydrogen-bond donors (Lipinski definition) is 1. The van der Waals surface area contributed by atoms with Crippen LogP contribution in [0.5, 0.6) is 0 Å². The molecule has 2 rings (SSSR count). The molecule has 0 amide bonds. The summed E-state index contributed by atoms with van der Waals surface area (Å²) in [6.45, 7) is 0. The monoisotopic (exact) mass is 232 g/mol. The number of nitriles is 1. The molecule has 0 radical (unpaired) electrons. The maximum absolute atomic E-state index is 11.8. The van der Waals surface area contributed by atoms with E-state index >= 15 is 0 Å². The third kappa shape index (κ3) is 1.38. The van der Waals surface area contributed by atoms with E-state index in [1.807, 2.05) is 0 Å². The van der Waals surface area contributed by atoms with E-state index in [1.54, 1.807) is 6.07 Å². The number of H-pyrrole nitrogens is 1. The van der Waals surface area contributed by atoms with Gasteiger partial charge in [0.1, 0.15) is 17.3 Å². The molecule has 2 aromatic rings. The van der Waals surface area contributed by atoms with Crippen LogP contribution in [0.4, 0.5) is 0 Å². The van der Waals surface area contributed by atoms with Gasteiger partial charge in [-0.3, -0.25) is 18.7 Å². The van der Waals surface area contributed by atoms with Crippen molar-refractivity contribution in [3.05, 3.63) is 42.8 Å². The molecule has 0 aliphatic carbocycles. The zero-order valence-corrected chi connectivity index (χ0v) is 9.14. The first-order chi connectivity index (χ1) is 7.97. The highest BCUT2D eigenvalue weighted by Gasteiger charge is 2.11. The predicted octanol–water partition coefficient (Wildman–Crippen LogP) is -1.20. The van der Waals surface area contributed by atoms with Gasteiger partial charge in [-0.25, -0.2) is 4.79 Å². The second kappa shape index (κ2) is 3.45. The summed E-state index contributed by atoms with van der Waals surface area (Å²) >= 11 is 0. The van der Waals surface area contributed by atoms with E-state index in [9.17, 15) is 14.4 Å². The zero-order chi connectivity index (χ0) is 12.7. The van der Waals surface area contributed by atoms with Gasteiger partial charge in [0.15, 0.2) is 0 Å². The number of aromatic nitrogens is 3. The molecular weight excluding hydrogens is 224 g/mol. The third-order valence-corrected chi connectivity index (χ3v) is 2.59. The van der Waals surface area contributed by atoms with Crippen LogP contribution in [0.2, 0.25) is 0 Å². The van der Waals surface area contributed by atoms with Crippen LogP contribution < -0.4 is 16.8 Å². The number of hydrogen-bond acceptors (Lipinski definition) is 4. The van der Waals surface area contributed by atoms with Crippen LogP contribution >= 0.6 is 0 Å². The van der Waals surface area contributed by atoms with Crippen LogP contribution in [0.1, 0.15) is 5.56 Å². The molecule has 17 heavy (non-hydrogen) atoms. The zero-order valence-electron chi connectivity index (χ0n) is 9.14. The molecule has 2 heterocycles. The van der Waals surface area contributed by atoms with Gasteiger partial charge in [0, 0.05) is 14.1 Å². The molecule has 0 unspecified atom stereocenters. The molecule has 86 valence electrons. The van der Waals surface area contributed by atoms with Gasteiger partial charge < -0.3 is 4.98 Å². The summed E-state index contributed by atoms with van der Waals surface area (Å²) in [5, 5.41) is 8.84. The predicted molar refractivity (Wildman–Crippen MR) is 59.8 cm³/mol. The molecule has 1 N–H and O–H groups in total. The highest BCUT2D eigenvalue weighted by Crippen LogP contribution is 2.02. The Kier molecular flexibility index (Phi) is 2.21. The topological polar surface area (TPSA) is 101 Å². The first-order valence-electron chi connectivity index (χ1n) is 4.70. The summed E-state index contributed by atoms with van der Waals surface area (Å²) in [6.07, 6.45) is 0. The average molecular weight is 232 g/mol. The summed E-state index contributed by atoms with van der Waals surface area (Å²) in [5.41, 5.74) is -1.75. The quantitative estimate of drug-likeness (QED) is 0.616. The lowest BCUT2D eigenvalue weighted by Crippen LogP contribution is -2.38. The molecule has 2 aromatic heterocycles. The highest BCUT2D eigenvalue weighted by molar-refractivity contribution is 5.75. The van der Waals surface area contributed by atoms with E-state index in [0.29, 0.717) is 0 Å². The lowest BCUT2D eigenvalue weighted by atomic mass is 10.2. The molecule has 0 spiro atoms. The third-order valence-electron chi connectivity index (χ3n) is 2.59. The number of aromatic amines is 1. The second-order valence-corrected chi connectivity index (χ2v) is 3.59. The summed E-state index contributed by atoms with van der Waals surface area (Å²) in [4.78, 5) is 37.2. The van der Waals surface area contributed by atoms with Crippen molar-refractivity contribution in [1.29, 1.82) is 5.26 Å². The largest absolute Gasteiger partial charge is 0.332 e. The van der Waals surface area contributed by atoms with E-state index in [-0.39, 0.29) is 16.6 Å². The van der Waals surface area contributed by atoms with Gasteiger partial charge in [-0.15, -0.1) is 0 Å². The number of nitrogens with one attached hydrogen (secondary N) is 1. The van der Waals surface area contributed by atoms with Crippen LogP contribution in [0.3, 0.4) is 0 Å². The van der Waals surface area contributed by atoms with Crippen LogP contribution in [0.25, 0.3) is 11.0 Å². The van der Waals surface area contributed by atoms with Crippen LogP contribution in [0, 0.1) is 11.3 Å². The number of rotatable bonds is 0. The lowest BCUT2D eigenvalue weighted by Gasteiger charge is -2.06. The van der Waals surface area contributed by atoms with E-state index in [0.717, 1.165) is 9.13 Å². The van der Waals surface area contributed by atoms with Crippen molar-refractivity contribution in [1.82, 2.24) is 14.1 Å². The lowest BCUT2D eigenvalue weighted by molar-refractivity contribution is 0.706. The minimum absolute atomic E-state index is 0.113. The van der Waals surface area contributed by atoms with Crippen LogP contribution in [-0.4, -0.2) is 14.1 Å². The number of nitrogens with zero attached hydrogens (tertiary/aromatic N) is 3. The highest BCUT2D eigenvalue weighted by atomic mass is 16.2. The Balaban J connectivity index is 3.20. The Morgan fingerprint density at radius 1 is 1.24 bits per heavy atom. The smallest absolute Gasteiger partial charge is 0.307 e. The van der Waals surface area contributed by atoms with Crippen molar-refractivity contribution in [3.8, 4) is 6.07 Å². The van der Waals surface area contributed by atoms with Crippen LogP contribution in [-0.2, 0) is 14.1 Å². The first kappa shape index (κ1) is 10.9. The minimum Gasteiger partial charge on any atom is -0.307 e. The molecule has 7 heteroatoms. The van der Waals surface area contributed by atoms with Crippen LogP contribution in [0.15, 0.2) is 20.4 Å². The second-order valence-electron chi connectivity index (χ2n) is 3.59. The van der Waals surface area contributed by atoms with Crippen molar-refractivity contribution >= 4 is 11.0 Å². The minimum atomic E-state index is -0.622. The van der Waals surface area contributed by atoms with Crippen molar-refractivity contribution < 1.29 is 0 Å². The maximum Gasteiger partial charge on any atom is 0.332 e. The SMILES string of the molecule is Cn1c(=O)c2cc(C#N)c(=O)[nH]c2n(C)c1=O. The van der Waals surface area contributed by atoms with Gasteiger partial charge in [-0.05, 0) is 6.07 Å². The first-order valence-corrected chi connectivity index (χ1v) is 4.70. The summed E-state index contributed by atoms with van der Waals surface area (Å²) in [7, 11) is 2.77.